The van der Waals surface area contributed by atoms with Crippen LogP contribution >= 0.6 is 0 Å². The van der Waals surface area contributed by atoms with Crippen LogP contribution in [0.1, 0.15) is 27.9 Å². The van der Waals surface area contributed by atoms with E-state index in [2.05, 4.69) is 9.84 Å². The van der Waals surface area contributed by atoms with Crippen molar-refractivity contribution in [3.05, 3.63) is 41.1 Å². The van der Waals surface area contributed by atoms with E-state index in [-0.39, 0.29) is 16.7 Å². The summed E-state index contributed by atoms with van der Waals surface area (Å²) in [5.41, 5.74) is 1.40. The predicted molar refractivity (Wildman–Crippen MR) is 69.7 cm³/mol. The van der Waals surface area contributed by atoms with E-state index in [1.54, 1.807) is 20.0 Å². The molecule has 0 aliphatic rings. The Morgan fingerprint density at radius 1 is 1.40 bits per heavy atom. The van der Waals surface area contributed by atoms with Crippen LogP contribution in [-0.4, -0.2) is 22.9 Å². The van der Waals surface area contributed by atoms with E-state index in [1.807, 2.05) is 0 Å². The molecule has 0 saturated carbocycles. The van der Waals surface area contributed by atoms with E-state index < -0.39 is 12.4 Å². The lowest BCUT2D eigenvalue weighted by atomic mass is 9.97. The van der Waals surface area contributed by atoms with Crippen molar-refractivity contribution < 1.29 is 18.3 Å². The zero-order chi connectivity index (χ0) is 14.9. The Kier molecular flexibility index (Phi) is 3.83. The van der Waals surface area contributed by atoms with Crippen LogP contribution in [0, 0.1) is 6.92 Å². The minimum absolute atomic E-state index is 0.126. The van der Waals surface area contributed by atoms with E-state index in [1.165, 1.54) is 30.1 Å². The quantitative estimate of drug-likeness (QED) is 0.811. The van der Waals surface area contributed by atoms with Crippen molar-refractivity contribution in [2.24, 2.45) is 7.05 Å². The van der Waals surface area contributed by atoms with Gasteiger partial charge in [0.2, 0.25) is 0 Å². The van der Waals surface area contributed by atoms with Gasteiger partial charge in [-0.1, -0.05) is 0 Å². The van der Waals surface area contributed by atoms with Gasteiger partial charge in [-0.2, -0.15) is 5.10 Å². The first-order valence-electron chi connectivity index (χ1n) is 5.95. The monoisotopic (exact) mass is 280 g/mol. The van der Waals surface area contributed by atoms with Crippen molar-refractivity contribution >= 4 is 5.97 Å². The first kappa shape index (κ1) is 14.2. The molecule has 106 valence electrons. The van der Waals surface area contributed by atoms with Crippen LogP contribution in [-0.2, 0) is 11.8 Å². The summed E-state index contributed by atoms with van der Waals surface area (Å²) in [6.45, 7) is 1.60. The summed E-state index contributed by atoms with van der Waals surface area (Å²) < 4.78 is 32.6. The number of carbonyl (C=O) groups excluding carboxylic acids is 1. The highest BCUT2D eigenvalue weighted by molar-refractivity contribution is 5.93. The average Bonchev–Trinajstić information content (AvgIpc) is 2.83. The fourth-order valence-electron chi connectivity index (χ4n) is 2.10. The van der Waals surface area contributed by atoms with Gasteiger partial charge in [-0.3, -0.25) is 4.68 Å². The number of esters is 1. The summed E-state index contributed by atoms with van der Waals surface area (Å²) in [5, 5.41) is 3.97. The molecule has 1 aromatic heterocycles. The number of hydrogen-bond acceptors (Lipinski definition) is 3. The summed E-state index contributed by atoms with van der Waals surface area (Å²) in [6, 6.07) is 4.37. The Morgan fingerprint density at radius 3 is 2.60 bits per heavy atom. The van der Waals surface area contributed by atoms with Crippen LogP contribution in [0.25, 0.3) is 11.3 Å². The van der Waals surface area contributed by atoms with E-state index in [4.69, 9.17) is 0 Å². The molecule has 0 spiro atoms. The maximum absolute atomic E-state index is 13.2. The second-order valence-corrected chi connectivity index (χ2v) is 4.39. The van der Waals surface area contributed by atoms with Crippen molar-refractivity contribution in [3.8, 4) is 11.3 Å². The van der Waals surface area contributed by atoms with Gasteiger partial charge < -0.3 is 4.74 Å². The van der Waals surface area contributed by atoms with Crippen LogP contribution in [0.15, 0.2) is 24.4 Å². The molecule has 4 nitrogen and oxygen atoms in total. The van der Waals surface area contributed by atoms with Crippen molar-refractivity contribution in [1.29, 1.82) is 0 Å². The highest BCUT2D eigenvalue weighted by atomic mass is 19.3. The van der Waals surface area contributed by atoms with Gasteiger partial charge in [-0.25, -0.2) is 13.6 Å². The van der Waals surface area contributed by atoms with Crippen LogP contribution in [0.3, 0.4) is 0 Å². The minimum Gasteiger partial charge on any atom is -0.465 e. The van der Waals surface area contributed by atoms with Gasteiger partial charge in [0.05, 0.1) is 18.4 Å². The highest BCUT2D eigenvalue weighted by Crippen LogP contribution is 2.33. The topological polar surface area (TPSA) is 44.1 Å². The summed E-state index contributed by atoms with van der Waals surface area (Å²) in [4.78, 5) is 11.7. The third-order valence-electron chi connectivity index (χ3n) is 3.13. The molecule has 0 aliphatic heterocycles. The van der Waals surface area contributed by atoms with Gasteiger partial charge in [0.1, 0.15) is 0 Å². The number of aromatic nitrogens is 2. The van der Waals surface area contributed by atoms with Crippen molar-refractivity contribution in [2.75, 3.05) is 7.11 Å². The first-order valence-corrected chi connectivity index (χ1v) is 5.95. The fourth-order valence-corrected chi connectivity index (χ4v) is 2.10. The Bertz CT molecular complexity index is 651. The van der Waals surface area contributed by atoms with Crippen LogP contribution in [0.4, 0.5) is 8.78 Å². The summed E-state index contributed by atoms with van der Waals surface area (Å²) >= 11 is 0. The SMILES string of the molecule is COC(=O)c1cc(-c2ccnn2C)c(C(F)F)cc1C. The summed E-state index contributed by atoms with van der Waals surface area (Å²) in [5.74, 6) is -0.549. The lowest BCUT2D eigenvalue weighted by molar-refractivity contribution is 0.0599. The van der Waals surface area contributed by atoms with Crippen molar-refractivity contribution in [3.63, 3.8) is 0 Å². The third kappa shape index (κ3) is 2.41. The Labute approximate surface area is 115 Å². The fraction of sp³-hybridized carbons (Fsp3) is 0.286. The molecule has 20 heavy (non-hydrogen) atoms. The molecular weight excluding hydrogens is 266 g/mol. The van der Waals surface area contributed by atoms with Gasteiger partial charge >= 0.3 is 5.97 Å². The summed E-state index contributed by atoms with van der Waals surface area (Å²) in [7, 11) is 2.91. The number of alkyl halides is 2. The normalized spacial score (nSPS) is 10.9. The average molecular weight is 280 g/mol. The molecule has 1 heterocycles. The molecule has 2 aromatic rings. The number of methoxy groups -OCH3 is 1. The minimum atomic E-state index is -2.63. The molecular formula is C14H14F2N2O2. The van der Waals surface area contributed by atoms with Gasteiger partial charge in [0, 0.05) is 24.4 Å². The van der Waals surface area contributed by atoms with E-state index in [0.717, 1.165) is 0 Å². The number of hydrogen-bond donors (Lipinski definition) is 0. The van der Waals surface area contributed by atoms with E-state index >= 15 is 0 Å². The van der Waals surface area contributed by atoms with Gasteiger partial charge in [0.25, 0.3) is 6.43 Å². The Morgan fingerprint density at radius 2 is 2.10 bits per heavy atom. The molecule has 0 saturated heterocycles. The zero-order valence-corrected chi connectivity index (χ0v) is 11.4. The third-order valence-corrected chi connectivity index (χ3v) is 3.13. The molecule has 0 radical (unpaired) electrons. The maximum atomic E-state index is 13.2. The zero-order valence-electron chi connectivity index (χ0n) is 11.4. The largest absolute Gasteiger partial charge is 0.465 e. The molecule has 0 bridgehead atoms. The standard InChI is InChI=1S/C14H14F2N2O2/c1-8-6-11(13(15)16)10(7-9(8)14(19)20-3)12-4-5-17-18(12)2/h4-7,13H,1-3H3. The molecule has 0 N–H and O–H groups in total. The van der Waals surface area contributed by atoms with Crippen LogP contribution < -0.4 is 0 Å². The van der Waals surface area contributed by atoms with Crippen LogP contribution in [0.5, 0.6) is 0 Å². The molecule has 1 aromatic carbocycles. The highest BCUT2D eigenvalue weighted by Gasteiger charge is 2.21. The lowest BCUT2D eigenvalue weighted by Crippen LogP contribution is -2.07. The molecule has 0 fully saturated rings. The summed E-state index contributed by atoms with van der Waals surface area (Å²) in [6.07, 6.45) is -1.12. The molecule has 0 unspecified atom stereocenters. The Hall–Kier alpha value is -2.24. The van der Waals surface area contributed by atoms with E-state index in [9.17, 15) is 13.6 Å². The first-order chi connectivity index (χ1) is 9.45. The number of carbonyl (C=O) groups is 1. The predicted octanol–water partition coefficient (Wildman–Crippen LogP) is 3.12. The number of nitrogens with zero attached hydrogens (tertiary/aromatic N) is 2. The van der Waals surface area contributed by atoms with Crippen molar-refractivity contribution in [1.82, 2.24) is 9.78 Å². The second kappa shape index (κ2) is 5.40. The van der Waals surface area contributed by atoms with Crippen molar-refractivity contribution in [2.45, 2.75) is 13.3 Å². The molecule has 0 atom stereocenters. The van der Waals surface area contributed by atoms with Gasteiger partial charge in [-0.15, -0.1) is 0 Å². The van der Waals surface area contributed by atoms with Gasteiger partial charge in [-0.05, 0) is 30.7 Å². The number of aryl methyl sites for hydroxylation is 2. The molecule has 0 aliphatic carbocycles. The maximum Gasteiger partial charge on any atom is 0.338 e. The second-order valence-electron chi connectivity index (χ2n) is 4.39. The Balaban J connectivity index is 2.70. The number of rotatable bonds is 3. The molecule has 2 rings (SSSR count). The van der Waals surface area contributed by atoms with Gasteiger partial charge in [0.15, 0.2) is 0 Å². The number of ether oxygens (including phenoxy) is 1. The number of benzene rings is 1. The number of halogens is 2. The lowest BCUT2D eigenvalue weighted by Gasteiger charge is -2.13. The molecule has 0 amide bonds. The molecule has 6 heteroatoms. The van der Waals surface area contributed by atoms with E-state index in [0.29, 0.717) is 11.3 Å². The van der Waals surface area contributed by atoms with Crippen LogP contribution in [0.2, 0.25) is 0 Å². The smallest absolute Gasteiger partial charge is 0.338 e.